The predicted octanol–water partition coefficient (Wildman–Crippen LogP) is 1.23. The number of nitrogen functional groups attached to an aromatic ring is 1. The van der Waals surface area contributed by atoms with E-state index < -0.39 is 16.1 Å². The number of sulfonamides is 1. The van der Waals surface area contributed by atoms with E-state index in [0.717, 1.165) is 11.1 Å². The van der Waals surface area contributed by atoms with Crippen LogP contribution in [0.5, 0.6) is 0 Å². The molecule has 8 heteroatoms. The maximum absolute atomic E-state index is 12.7. The van der Waals surface area contributed by atoms with Gasteiger partial charge in [0.2, 0.25) is 15.9 Å². The lowest BCUT2D eigenvalue weighted by Gasteiger charge is -2.19. The molecule has 1 heterocycles. The van der Waals surface area contributed by atoms with Gasteiger partial charge in [-0.2, -0.15) is 0 Å². The zero-order valence-electron chi connectivity index (χ0n) is 15.5. The number of likely N-dealkylation sites (tertiary alicyclic amines) is 1. The van der Waals surface area contributed by atoms with Gasteiger partial charge in [0.1, 0.15) is 11.9 Å². The Labute approximate surface area is 165 Å². The number of nitrogens with one attached hydrogen (secondary N) is 2. The third-order valence-electron chi connectivity index (χ3n) is 4.79. The van der Waals surface area contributed by atoms with Gasteiger partial charge in [-0.25, -0.2) is 13.1 Å². The first-order chi connectivity index (χ1) is 13.4. The molecule has 3 rings (SSSR count). The van der Waals surface area contributed by atoms with Crippen LogP contribution < -0.4 is 10.5 Å². The highest BCUT2D eigenvalue weighted by molar-refractivity contribution is 7.89. The summed E-state index contributed by atoms with van der Waals surface area (Å²) in [6.45, 7) is 0.758. The molecule has 0 bridgehead atoms. The van der Waals surface area contributed by atoms with Crippen LogP contribution in [0.1, 0.15) is 23.1 Å². The number of carbonyl (C=O) groups excluding carboxylic acids is 1. The average Bonchev–Trinajstić information content (AvgIpc) is 3.00. The molecule has 0 saturated carbocycles. The number of carbonyl (C=O) groups is 1. The molecule has 1 saturated heterocycles. The van der Waals surface area contributed by atoms with Gasteiger partial charge in [0, 0.05) is 18.7 Å². The summed E-state index contributed by atoms with van der Waals surface area (Å²) in [5, 5.41) is 7.66. The number of nitrogens with two attached hydrogens (primary N) is 1. The lowest BCUT2D eigenvalue weighted by Crippen LogP contribution is -2.42. The molecule has 0 aliphatic carbocycles. The SMILES string of the molecule is N=C(N)c1ccccc1CN1CCC(NS(=O)(=O)CCc2ccccc2)C1=O. The Hall–Kier alpha value is -2.71. The van der Waals surface area contributed by atoms with Gasteiger partial charge in [-0.05, 0) is 24.0 Å². The number of rotatable bonds is 8. The molecule has 0 spiro atoms. The first-order valence-corrected chi connectivity index (χ1v) is 10.8. The molecule has 1 atom stereocenters. The molecule has 0 radical (unpaired) electrons. The van der Waals surface area contributed by atoms with E-state index in [0.29, 0.717) is 31.5 Å². The number of amides is 1. The van der Waals surface area contributed by atoms with Crippen molar-refractivity contribution in [1.82, 2.24) is 9.62 Å². The molecule has 1 fully saturated rings. The number of hydrogen-bond donors (Lipinski definition) is 3. The fourth-order valence-electron chi connectivity index (χ4n) is 3.30. The first-order valence-electron chi connectivity index (χ1n) is 9.11. The summed E-state index contributed by atoms with van der Waals surface area (Å²) in [6, 6.07) is 15.8. The lowest BCUT2D eigenvalue weighted by molar-refractivity contribution is -0.129. The second kappa shape index (κ2) is 8.53. The van der Waals surface area contributed by atoms with Crippen molar-refractivity contribution in [2.45, 2.75) is 25.4 Å². The number of nitrogens with zero attached hydrogens (tertiary/aromatic N) is 1. The Balaban J connectivity index is 1.60. The Morgan fingerprint density at radius 3 is 2.54 bits per heavy atom. The predicted molar refractivity (Wildman–Crippen MR) is 108 cm³/mol. The number of hydrogen-bond acceptors (Lipinski definition) is 4. The maximum atomic E-state index is 12.7. The molecule has 2 aromatic carbocycles. The van der Waals surface area contributed by atoms with Gasteiger partial charge in [0.25, 0.3) is 0 Å². The van der Waals surface area contributed by atoms with E-state index in [1.807, 2.05) is 42.5 Å². The minimum Gasteiger partial charge on any atom is -0.384 e. The number of benzene rings is 2. The van der Waals surface area contributed by atoms with Crippen LogP contribution in [-0.4, -0.2) is 43.4 Å². The van der Waals surface area contributed by atoms with Gasteiger partial charge in [0.05, 0.1) is 5.75 Å². The summed E-state index contributed by atoms with van der Waals surface area (Å²) >= 11 is 0. The minimum atomic E-state index is -3.57. The Morgan fingerprint density at radius 1 is 1.14 bits per heavy atom. The van der Waals surface area contributed by atoms with Crippen LogP contribution in [-0.2, 0) is 27.8 Å². The van der Waals surface area contributed by atoms with Crippen LogP contribution in [0.3, 0.4) is 0 Å². The van der Waals surface area contributed by atoms with Crippen molar-refractivity contribution in [3.63, 3.8) is 0 Å². The Kier molecular flexibility index (Phi) is 6.11. The summed E-state index contributed by atoms with van der Waals surface area (Å²) in [7, 11) is -3.57. The van der Waals surface area contributed by atoms with Crippen LogP contribution in [0.4, 0.5) is 0 Å². The van der Waals surface area contributed by atoms with Crippen molar-refractivity contribution in [2.75, 3.05) is 12.3 Å². The molecule has 7 nitrogen and oxygen atoms in total. The highest BCUT2D eigenvalue weighted by Crippen LogP contribution is 2.18. The van der Waals surface area contributed by atoms with E-state index in [-0.39, 0.29) is 17.5 Å². The van der Waals surface area contributed by atoms with Crippen molar-refractivity contribution in [3.05, 3.63) is 71.3 Å². The monoisotopic (exact) mass is 400 g/mol. The topological polar surface area (TPSA) is 116 Å². The lowest BCUT2D eigenvalue weighted by atomic mass is 10.1. The first kappa shape index (κ1) is 20.0. The van der Waals surface area contributed by atoms with Crippen molar-refractivity contribution < 1.29 is 13.2 Å². The number of amidine groups is 1. The zero-order valence-corrected chi connectivity index (χ0v) is 16.3. The van der Waals surface area contributed by atoms with E-state index >= 15 is 0 Å². The van der Waals surface area contributed by atoms with Crippen LogP contribution >= 0.6 is 0 Å². The molecule has 0 aromatic heterocycles. The molecule has 28 heavy (non-hydrogen) atoms. The molecule has 1 aliphatic heterocycles. The van der Waals surface area contributed by atoms with Gasteiger partial charge in [-0.3, -0.25) is 10.2 Å². The van der Waals surface area contributed by atoms with E-state index in [9.17, 15) is 13.2 Å². The van der Waals surface area contributed by atoms with E-state index in [2.05, 4.69) is 4.72 Å². The summed E-state index contributed by atoms with van der Waals surface area (Å²) in [4.78, 5) is 14.3. The Morgan fingerprint density at radius 2 is 1.82 bits per heavy atom. The van der Waals surface area contributed by atoms with Crippen molar-refractivity contribution in [2.24, 2.45) is 5.73 Å². The van der Waals surface area contributed by atoms with Gasteiger partial charge < -0.3 is 10.6 Å². The Bertz CT molecular complexity index is 960. The zero-order chi connectivity index (χ0) is 20.1. The maximum Gasteiger partial charge on any atom is 0.241 e. The molecule has 4 N–H and O–H groups in total. The van der Waals surface area contributed by atoms with Crippen LogP contribution in [0, 0.1) is 5.41 Å². The fraction of sp³-hybridized carbons (Fsp3) is 0.300. The number of aryl methyl sites for hydroxylation is 1. The largest absolute Gasteiger partial charge is 0.384 e. The summed E-state index contributed by atoms with van der Waals surface area (Å²) in [5.74, 6) is -0.365. The molecular weight excluding hydrogens is 376 g/mol. The molecule has 1 amide bonds. The van der Waals surface area contributed by atoms with Gasteiger partial charge in [-0.1, -0.05) is 54.6 Å². The minimum absolute atomic E-state index is 0.0552. The molecule has 2 aromatic rings. The molecule has 148 valence electrons. The van der Waals surface area contributed by atoms with E-state index in [1.165, 1.54) is 0 Å². The summed E-state index contributed by atoms with van der Waals surface area (Å²) in [6.07, 6.45) is 0.818. The molecule has 1 aliphatic rings. The van der Waals surface area contributed by atoms with E-state index in [4.69, 9.17) is 11.1 Å². The van der Waals surface area contributed by atoms with Crippen molar-refractivity contribution >= 4 is 21.8 Å². The highest BCUT2D eigenvalue weighted by atomic mass is 32.2. The van der Waals surface area contributed by atoms with Crippen LogP contribution in [0.25, 0.3) is 0 Å². The highest BCUT2D eigenvalue weighted by Gasteiger charge is 2.34. The average molecular weight is 401 g/mol. The normalized spacial score (nSPS) is 17.1. The fourth-order valence-corrected chi connectivity index (χ4v) is 4.58. The van der Waals surface area contributed by atoms with Gasteiger partial charge in [-0.15, -0.1) is 0 Å². The smallest absolute Gasteiger partial charge is 0.241 e. The third kappa shape index (κ3) is 4.96. The standard InChI is InChI=1S/C20H24N4O3S/c21-19(22)17-9-5-4-8-16(17)14-24-12-10-18(20(24)25)23-28(26,27)13-11-15-6-2-1-3-7-15/h1-9,18,23H,10-14H2,(H3,21,22). The summed E-state index contributed by atoms with van der Waals surface area (Å²) < 4.78 is 27.3. The van der Waals surface area contributed by atoms with Crippen LogP contribution in [0.15, 0.2) is 54.6 Å². The van der Waals surface area contributed by atoms with Crippen LogP contribution in [0.2, 0.25) is 0 Å². The third-order valence-corrected chi connectivity index (χ3v) is 6.18. The molecular formula is C20H24N4O3S. The van der Waals surface area contributed by atoms with Crippen molar-refractivity contribution in [3.8, 4) is 0 Å². The quantitative estimate of drug-likeness (QED) is 0.456. The molecule has 1 unspecified atom stereocenters. The van der Waals surface area contributed by atoms with Gasteiger partial charge >= 0.3 is 0 Å². The van der Waals surface area contributed by atoms with Gasteiger partial charge in [0.15, 0.2) is 0 Å². The van der Waals surface area contributed by atoms with E-state index in [1.54, 1.807) is 17.0 Å². The second-order valence-corrected chi connectivity index (χ2v) is 8.72. The van der Waals surface area contributed by atoms with Crippen molar-refractivity contribution in [1.29, 1.82) is 5.41 Å². The summed E-state index contributed by atoms with van der Waals surface area (Å²) in [5.41, 5.74) is 7.90. The second-order valence-electron chi connectivity index (χ2n) is 6.84.